The number of hydrogen-bond donors (Lipinski definition) is 0. The molecule has 1 rings (SSSR count). The van der Waals surface area contributed by atoms with E-state index in [0.717, 1.165) is 12.1 Å². The molecule has 0 aromatic heterocycles. The first-order valence-electron chi connectivity index (χ1n) is 4.02. The molecule has 0 spiro atoms. The molecule has 0 saturated heterocycles. The molecule has 9 heteroatoms. The normalized spacial score (nSPS) is 13.5. The van der Waals surface area contributed by atoms with Crippen molar-refractivity contribution in [2.45, 2.75) is 11.4 Å². The molecule has 0 saturated carbocycles. The molecule has 0 atom stereocenters. The Balaban J connectivity index is 3.05. The molecular formula is C8H5F5O3S. The molecule has 0 aliphatic heterocycles. The summed E-state index contributed by atoms with van der Waals surface area (Å²) < 4.78 is 86.0. The number of benzene rings is 1. The average molecular weight is 276 g/mol. The van der Waals surface area contributed by atoms with E-state index in [2.05, 4.69) is 4.74 Å². The molecule has 0 aliphatic rings. The van der Waals surface area contributed by atoms with E-state index in [-0.39, 0.29) is 0 Å². The molecule has 96 valence electrons. The minimum Gasteiger partial charge on any atom is -0.427 e. The molecular weight excluding hydrogens is 271 g/mol. The van der Waals surface area contributed by atoms with Crippen LogP contribution in [-0.2, 0) is 10.2 Å². The van der Waals surface area contributed by atoms with Crippen LogP contribution in [0.2, 0.25) is 0 Å². The summed E-state index contributed by atoms with van der Waals surface area (Å²) in [4.78, 5) is 0. The number of para-hydroxylation sites is 1. The van der Waals surface area contributed by atoms with Gasteiger partial charge in [0.25, 0.3) is 0 Å². The third kappa shape index (κ3) is 2.65. The Hall–Kier alpha value is -1.38. The fourth-order valence-corrected chi connectivity index (χ4v) is 1.16. The highest BCUT2D eigenvalue weighted by Crippen LogP contribution is 2.40. The van der Waals surface area contributed by atoms with Crippen LogP contribution in [0.5, 0.6) is 5.75 Å². The van der Waals surface area contributed by atoms with Gasteiger partial charge in [-0.1, -0.05) is 22.1 Å². The van der Waals surface area contributed by atoms with Crippen LogP contribution in [-0.4, -0.2) is 19.8 Å². The maximum atomic E-state index is 12.8. The Labute approximate surface area is 93.0 Å². The second kappa shape index (κ2) is 4.13. The Bertz CT molecular complexity index is 485. The second-order valence-electron chi connectivity index (χ2n) is 2.89. The largest absolute Gasteiger partial charge is 0.483 e. The molecule has 3 nitrogen and oxygen atoms in total. The lowest BCUT2D eigenvalue weighted by atomic mass is 10.3. The lowest BCUT2D eigenvalue weighted by Crippen LogP contribution is -2.49. The van der Waals surface area contributed by atoms with Gasteiger partial charge in [0, 0.05) is 0 Å². The van der Waals surface area contributed by atoms with Gasteiger partial charge in [-0.25, -0.2) is 0 Å². The van der Waals surface area contributed by atoms with Crippen molar-refractivity contribution in [1.29, 1.82) is 0 Å². The molecule has 0 aliphatic carbocycles. The van der Waals surface area contributed by atoms with Gasteiger partial charge in [-0.05, 0) is 12.1 Å². The van der Waals surface area contributed by atoms with Crippen molar-refractivity contribution in [2.24, 2.45) is 0 Å². The summed E-state index contributed by atoms with van der Waals surface area (Å²) in [6, 6.07) is 5.53. The van der Waals surface area contributed by atoms with Crippen molar-refractivity contribution in [2.75, 3.05) is 0 Å². The third-order valence-electron chi connectivity index (χ3n) is 1.63. The van der Waals surface area contributed by atoms with E-state index in [1.54, 1.807) is 0 Å². The van der Waals surface area contributed by atoms with Crippen LogP contribution in [0.1, 0.15) is 0 Å². The van der Waals surface area contributed by atoms with Gasteiger partial charge >= 0.3 is 21.6 Å². The molecule has 1 aromatic rings. The zero-order valence-corrected chi connectivity index (χ0v) is 8.73. The first kappa shape index (κ1) is 13.7. The lowest BCUT2D eigenvalue weighted by Gasteiger charge is -2.22. The zero-order chi connectivity index (χ0) is 13.3. The van der Waals surface area contributed by atoms with Gasteiger partial charge in [0.1, 0.15) is 5.75 Å². The minimum absolute atomic E-state index is 0.721. The van der Waals surface area contributed by atoms with Gasteiger partial charge in [0.2, 0.25) is 0 Å². The Morgan fingerprint density at radius 2 is 1.47 bits per heavy atom. The topological polar surface area (TPSA) is 43.4 Å². The van der Waals surface area contributed by atoms with E-state index in [1.165, 1.54) is 18.2 Å². The highest BCUT2D eigenvalue weighted by molar-refractivity contribution is 7.87. The number of rotatable bonds is 4. The Morgan fingerprint density at radius 3 is 1.88 bits per heavy atom. The first-order valence-corrected chi connectivity index (χ1v) is 5.40. The predicted octanol–water partition coefficient (Wildman–Crippen LogP) is 2.55. The second-order valence-corrected chi connectivity index (χ2v) is 4.27. The summed E-state index contributed by atoms with van der Waals surface area (Å²) in [6.45, 7) is 0. The smallest absolute Gasteiger partial charge is 0.427 e. The van der Waals surface area contributed by atoms with Crippen LogP contribution < -0.4 is 4.74 Å². The van der Waals surface area contributed by atoms with Crippen molar-refractivity contribution >= 4 is 10.2 Å². The number of alkyl halides is 4. The van der Waals surface area contributed by atoms with Crippen molar-refractivity contribution in [3.8, 4) is 5.75 Å². The van der Waals surface area contributed by atoms with Crippen molar-refractivity contribution in [3.63, 3.8) is 0 Å². The molecule has 0 bridgehead atoms. The fourth-order valence-electron chi connectivity index (χ4n) is 0.838. The van der Waals surface area contributed by atoms with Gasteiger partial charge in [-0.15, -0.1) is 0 Å². The molecule has 0 amide bonds. The maximum absolute atomic E-state index is 12.8. The van der Waals surface area contributed by atoms with Crippen LogP contribution in [0.15, 0.2) is 30.3 Å². The molecule has 0 radical (unpaired) electrons. The monoisotopic (exact) mass is 276 g/mol. The lowest BCUT2D eigenvalue weighted by molar-refractivity contribution is -0.273. The predicted molar refractivity (Wildman–Crippen MR) is 47.0 cm³/mol. The summed E-state index contributed by atoms with van der Waals surface area (Å²) in [5.41, 5.74) is 0. The van der Waals surface area contributed by atoms with E-state index in [4.69, 9.17) is 0 Å². The summed E-state index contributed by atoms with van der Waals surface area (Å²) in [5, 5.41) is -5.96. The molecule has 0 fully saturated rings. The SMILES string of the molecule is O=S(=O)(F)C(F)(F)C(F)(F)Oc1ccccc1. The number of halogens is 5. The average Bonchev–Trinajstić information content (AvgIpc) is 2.16. The van der Waals surface area contributed by atoms with Gasteiger partial charge in [-0.3, -0.25) is 0 Å². The first-order chi connectivity index (χ1) is 7.58. The van der Waals surface area contributed by atoms with Gasteiger partial charge in [0.15, 0.2) is 0 Å². The molecule has 17 heavy (non-hydrogen) atoms. The van der Waals surface area contributed by atoms with Crippen molar-refractivity contribution in [1.82, 2.24) is 0 Å². The van der Waals surface area contributed by atoms with E-state index in [9.17, 15) is 29.9 Å². The molecule has 0 unspecified atom stereocenters. The van der Waals surface area contributed by atoms with Crippen LogP contribution in [0.4, 0.5) is 21.4 Å². The van der Waals surface area contributed by atoms with Gasteiger partial charge < -0.3 is 4.74 Å². The maximum Gasteiger partial charge on any atom is 0.483 e. The minimum atomic E-state index is -6.79. The van der Waals surface area contributed by atoms with Crippen molar-refractivity contribution in [3.05, 3.63) is 30.3 Å². The third-order valence-corrected chi connectivity index (χ3v) is 2.48. The summed E-state index contributed by atoms with van der Waals surface area (Å²) in [5.74, 6) is -0.721. The molecule has 1 aromatic carbocycles. The van der Waals surface area contributed by atoms with Gasteiger partial charge in [-0.2, -0.15) is 26.0 Å². The highest BCUT2D eigenvalue weighted by atomic mass is 32.3. The summed E-state index contributed by atoms with van der Waals surface area (Å²) in [6.07, 6.45) is -5.51. The van der Waals surface area contributed by atoms with E-state index >= 15 is 0 Å². The number of hydrogen-bond acceptors (Lipinski definition) is 3. The standard InChI is InChI=1S/C8H5F5O3S/c9-7(10,8(11,12)17(13,14)15)16-6-4-2-1-3-5-6/h1-5H. The van der Waals surface area contributed by atoms with Gasteiger partial charge in [0.05, 0.1) is 0 Å². The number of ether oxygens (including phenoxy) is 1. The van der Waals surface area contributed by atoms with E-state index in [0.29, 0.717) is 0 Å². The molecule has 0 heterocycles. The summed E-state index contributed by atoms with van der Waals surface area (Å²) in [7, 11) is -6.79. The Morgan fingerprint density at radius 1 is 1.00 bits per heavy atom. The van der Waals surface area contributed by atoms with Crippen LogP contribution >= 0.6 is 0 Å². The van der Waals surface area contributed by atoms with Crippen LogP contribution in [0.3, 0.4) is 0 Å². The van der Waals surface area contributed by atoms with E-state index < -0.39 is 27.3 Å². The zero-order valence-electron chi connectivity index (χ0n) is 7.91. The van der Waals surface area contributed by atoms with Crippen LogP contribution in [0, 0.1) is 0 Å². The quantitative estimate of drug-likeness (QED) is 0.627. The van der Waals surface area contributed by atoms with E-state index in [1.807, 2.05) is 0 Å². The molecule has 0 N–H and O–H groups in total. The Kier molecular flexibility index (Phi) is 3.33. The highest BCUT2D eigenvalue weighted by Gasteiger charge is 2.70. The van der Waals surface area contributed by atoms with Crippen LogP contribution in [0.25, 0.3) is 0 Å². The van der Waals surface area contributed by atoms with Crippen molar-refractivity contribution < 1.29 is 34.6 Å². The summed E-state index contributed by atoms with van der Waals surface area (Å²) >= 11 is 0. The fraction of sp³-hybridized carbons (Fsp3) is 0.250.